The molecule has 1 aliphatic rings. The average molecular weight is 277 g/mol. The largest absolute Gasteiger partial charge is 0.492 e. The van der Waals surface area contributed by atoms with Gasteiger partial charge in [0.05, 0.1) is 5.56 Å². The number of carboxylic acid groups (broad SMARTS) is 1. The molecular formula is C16H23NO3. The maximum atomic E-state index is 10.7. The number of benzene rings is 1. The van der Waals surface area contributed by atoms with E-state index in [4.69, 9.17) is 9.84 Å². The van der Waals surface area contributed by atoms with Crippen LogP contribution in [0.2, 0.25) is 0 Å². The first-order valence-electron chi connectivity index (χ1n) is 7.36. The topological polar surface area (TPSA) is 58.6 Å². The molecule has 4 nitrogen and oxygen atoms in total. The Hall–Kier alpha value is -1.55. The van der Waals surface area contributed by atoms with Crippen molar-refractivity contribution in [2.45, 2.75) is 38.6 Å². The maximum Gasteiger partial charge on any atom is 0.335 e. The van der Waals surface area contributed by atoms with Crippen molar-refractivity contribution in [1.29, 1.82) is 0 Å². The van der Waals surface area contributed by atoms with Crippen molar-refractivity contribution < 1.29 is 14.6 Å². The van der Waals surface area contributed by atoms with Crippen LogP contribution in [0.3, 0.4) is 0 Å². The summed E-state index contributed by atoms with van der Waals surface area (Å²) in [7, 11) is 0. The summed E-state index contributed by atoms with van der Waals surface area (Å²) in [6.45, 7) is 3.67. The van der Waals surface area contributed by atoms with Gasteiger partial charge in [-0.2, -0.15) is 0 Å². The fourth-order valence-electron chi connectivity index (χ4n) is 2.77. The van der Waals surface area contributed by atoms with E-state index in [9.17, 15) is 4.79 Å². The van der Waals surface area contributed by atoms with Crippen molar-refractivity contribution in [3.05, 3.63) is 29.8 Å². The standard InChI is InChI=1S/C16H23NO3/c1-12(13-4-2-3-5-13)17-10-11-20-15-8-6-14(7-9-15)16(18)19/h6-9,12-13,17H,2-5,10-11H2,1H3,(H,18,19)/t12-/m1/s1. The number of aromatic carboxylic acids is 1. The van der Waals surface area contributed by atoms with Crippen LogP contribution in [0.1, 0.15) is 43.0 Å². The Morgan fingerprint density at radius 2 is 2.00 bits per heavy atom. The summed E-state index contributed by atoms with van der Waals surface area (Å²) < 4.78 is 5.60. The zero-order valence-corrected chi connectivity index (χ0v) is 12.0. The molecule has 1 atom stereocenters. The zero-order chi connectivity index (χ0) is 14.4. The monoisotopic (exact) mass is 277 g/mol. The zero-order valence-electron chi connectivity index (χ0n) is 12.0. The summed E-state index contributed by atoms with van der Waals surface area (Å²) >= 11 is 0. The van der Waals surface area contributed by atoms with Gasteiger partial charge in [0, 0.05) is 12.6 Å². The second-order valence-corrected chi connectivity index (χ2v) is 5.47. The number of hydrogen-bond acceptors (Lipinski definition) is 3. The smallest absolute Gasteiger partial charge is 0.335 e. The van der Waals surface area contributed by atoms with Crippen molar-refractivity contribution >= 4 is 5.97 Å². The fourth-order valence-corrected chi connectivity index (χ4v) is 2.77. The molecular weight excluding hydrogens is 254 g/mol. The van der Waals surface area contributed by atoms with Crippen LogP contribution in [0.25, 0.3) is 0 Å². The molecule has 2 rings (SSSR count). The molecule has 1 aromatic carbocycles. The molecule has 1 saturated carbocycles. The van der Waals surface area contributed by atoms with E-state index in [0.717, 1.165) is 12.5 Å². The van der Waals surface area contributed by atoms with Crippen molar-refractivity contribution in [1.82, 2.24) is 5.32 Å². The minimum atomic E-state index is -0.913. The molecule has 0 aromatic heterocycles. The highest BCUT2D eigenvalue weighted by Crippen LogP contribution is 2.27. The maximum absolute atomic E-state index is 10.7. The van der Waals surface area contributed by atoms with Crippen LogP contribution in [0.15, 0.2) is 24.3 Å². The molecule has 0 spiro atoms. The predicted octanol–water partition coefficient (Wildman–Crippen LogP) is 2.93. The fraction of sp³-hybridized carbons (Fsp3) is 0.562. The Labute approximate surface area is 120 Å². The summed E-state index contributed by atoms with van der Waals surface area (Å²) in [6, 6.07) is 7.07. The molecule has 0 saturated heterocycles. The van der Waals surface area contributed by atoms with E-state index in [0.29, 0.717) is 18.4 Å². The molecule has 110 valence electrons. The van der Waals surface area contributed by atoms with E-state index in [1.807, 2.05) is 0 Å². The number of nitrogens with one attached hydrogen (secondary N) is 1. The lowest BCUT2D eigenvalue weighted by atomic mass is 10.00. The summed E-state index contributed by atoms with van der Waals surface area (Å²) in [4.78, 5) is 10.7. The SMILES string of the molecule is C[C@@H](NCCOc1ccc(C(=O)O)cc1)C1CCCC1. The van der Waals surface area contributed by atoms with Crippen molar-refractivity contribution in [3.8, 4) is 5.75 Å². The number of carbonyl (C=O) groups is 1. The Bertz CT molecular complexity index is 424. The minimum absolute atomic E-state index is 0.283. The Morgan fingerprint density at radius 1 is 1.35 bits per heavy atom. The lowest BCUT2D eigenvalue weighted by molar-refractivity contribution is 0.0697. The van der Waals surface area contributed by atoms with E-state index in [-0.39, 0.29) is 5.56 Å². The molecule has 0 bridgehead atoms. The van der Waals surface area contributed by atoms with Crippen molar-refractivity contribution in [2.75, 3.05) is 13.2 Å². The van der Waals surface area contributed by atoms with Gasteiger partial charge >= 0.3 is 5.97 Å². The van der Waals surface area contributed by atoms with Crippen LogP contribution in [-0.4, -0.2) is 30.3 Å². The summed E-state index contributed by atoms with van der Waals surface area (Å²) in [6.07, 6.45) is 5.41. The highest BCUT2D eigenvalue weighted by Gasteiger charge is 2.20. The van der Waals surface area contributed by atoms with Crippen LogP contribution >= 0.6 is 0 Å². The summed E-state index contributed by atoms with van der Waals surface area (Å²) in [5.41, 5.74) is 0.283. The number of hydrogen-bond donors (Lipinski definition) is 2. The molecule has 4 heteroatoms. The third kappa shape index (κ3) is 4.23. The molecule has 1 aromatic rings. The molecule has 1 aliphatic carbocycles. The van der Waals surface area contributed by atoms with E-state index in [1.54, 1.807) is 24.3 Å². The Balaban J connectivity index is 1.66. The normalized spacial score (nSPS) is 17.1. The Kier molecular flexibility index (Phi) is 5.41. The first-order valence-corrected chi connectivity index (χ1v) is 7.36. The van der Waals surface area contributed by atoms with E-state index < -0.39 is 5.97 Å². The van der Waals surface area contributed by atoms with E-state index in [2.05, 4.69) is 12.2 Å². The van der Waals surface area contributed by atoms with Crippen LogP contribution in [0, 0.1) is 5.92 Å². The molecule has 0 aliphatic heterocycles. The van der Waals surface area contributed by atoms with Gasteiger partial charge in [0.15, 0.2) is 0 Å². The average Bonchev–Trinajstić information content (AvgIpc) is 2.98. The number of rotatable bonds is 7. The van der Waals surface area contributed by atoms with E-state index in [1.165, 1.54) is 25.7 Å². The molecule has 0 radical (unpaired) electrons. The van der Waals surface area contributed by atoms with Gasteiger partial charge in [0.2, 0.25) is 0 Å². The molecule has 2 N–H and O–H groups in total. The number of carboxylic acids is 1. The van der Waals surface area contributed by atoms with Gasteiger partial charge in [-0.05, 0) is 49.9 Å². The first-order chi connectivity index (χ1) is 9.66. The molecule has 0 unspecified atom stereocenters. The van der Waals surface area contributed by atoms with Crippen molar-refractivity contribution in [2.24, 2.45) is 5.92 Å². The third-order valence-electron chi connectivity index (χ3n) is 4.05. The summed E-state index contributed by atoms with van der Waals surface area (Å²) in [5.74, 6) is 0.610. The van der Waals surface area contributed by atoms with Gasteiger partial charge in [-0.25, -0.2) is 4.79 Å². The third-order valence-corrected chi connectivity index (χ3v) is 4.05. The second-order valence-electron chi connectivity index (χ2n) is 5.47. The first kappa shape index (κ1) is 14.9. The van der Waals surface area contributed by atoms with Gasteiger partial charge in [0.1, 0.15) is 12.4 Å². The highest BCUT2D eigenvalue weighted by atomic mass is 16.5. The van der Waals surface area contributed by atoms with Gasteiger partial charge in [-0.1, -0.05) is 12.8 Å². The van der Waals surface area contributed by atoms with Gasteiger partial charge in [-0.15, -0.1) is 0 Å². The predicted molar refractivity (Wildman–Crippen MR) is 78.3 cm³/mol. The van der Waals surface area contributed by atoms with Crippen LogP contribution in [0.5, 0.6) is 5.75 Å². The number of ether oxygens (including phenoxy) is 1. The van der Waals surface area contributed by atoms with Crippen molar-refractivity contribution in [3.63, 3.8) is 0 Å². The van der Waals surface area contributed by atoms with Crippen LogP contribution in [0.4, 0.5) is 0 Å². The van der Waals surface area contributed by atoms with Gasteiger partial charge in [-0.3, -0.25) is 0 Å². The second kappa shape index (κ2) is 7.29. The van der Waals surface area contributed by atoms with E-state index >= 15 is 0 Å². The van der Waals surface area contributed by atoms with Crippen LogP contribution < -0.4 is 10.1 Å². The highest BCUT2D eigenvalue weighted by molar-refractivity contribution is 5.87. The minimum Gasteiger partial charge on any atom is -0.492 e. The molecule has 20 heavy (non-hydrogen) atoms. The quantitative estimate of drug-likeness (QED) is 0.752. The summed E-state index contributed by atoms with van der Waals surface area (Å²) in [5, 5.41) is 12.3. The van der Waals surface area contributed by atoms with Crippen LogP contribution in [-0.2, 0) is 0 Å². The van der Waals surface area contributed by atoms with Gasteiger partial charge in [0.25, 0.3) is 0 Å². The molecule has 0 amide bonds. The lowest BCUT2D eigenvalue weighted by Crippen LogP contribution is -2.35. The molecule has 1 fully saturated rings. The lowest BCUT2D eigenvalue weighted by Gasteiger charge is -2.20. The Morgan fingerprint density at radius 3 is 2.60 bits per heavy atom. The van der Waals surface area contributed by atoms with Gasteiger partial charge < -0.3 is 15.2 Å². The molecule has 0 heterocycles.